The Morgan fingerprint density at radius 2 is 2.09 bits per heavy atom. The number of aromatic hydroxyl groups is 1. The molecule has 0 amide bonds. The zero-order chi connectivity index (χ0) is 16.0. The van der Waals surface area contributed by atoms with Gasteiger partial charge in [0.15, 0.2) is 0 Å². The van der Waals surface area contributed by atoms with E-state index in [1.165, 1.54) is 29.7 Å². The number of hydrogen-bond donors (Lipinski definition) is 1. The van der Waals surface area contributed by atoms with E-state index in [9.17, 15) is 5.11 Å². The number of likely N-dealkylation sites (tertiary alicyclic amines) is 1. The van der Waals surface area contributed by atoms with Crippen molar-refractivity contribution in [2.75, 3.05) is 13.1 Å². The Hall–Kier alpha value is -1.44. The highest BCUT2D eigenvalue weighted by Gasteiger charge is 2.31. The largest absolute Gasteiger partial charge is 0.492 e. The monoisotopic (exact) mass is 392 g/mol. The van der Waals surface area contributed by atoms with Crippen molar-refractivity contribution in [2.45, 2.75) is 25.8 Å². The minimum atomic E-state index is 0.0452. The second-order valence-electron chi connectivity index (χ2n) is 5.84. The Labute approximate surface area is 146 Å². The summed E-state index contributed by atoms with van der Waals surface area (Å²) in [6.07, 6.45) is 2.40. The lowest BCUT2D eigenvalue weighted by molar-refractivity contribution is 0.277. The molecule has 23 heavy (non-hydrogen) atoms. The van der Waals surface area contributed by atoms with Crippen LogP contribution in [-0.4, -0.2) is 37.7 Å². The Balaban J connectivity index is 1.86. The standard InChI is InChI=1S/C16H17BrN4OS/c1-10-18-16-21(19-10)15(22)14(23-16)13(20-7-2-3-8-20)11-5-4-6-12(17)9-11/h4-6,9,13,22H,2-3,7-8H2,1H3. The summed E-state index contributed by atoms with van der Waals surface area (Å²) in [4.78, 5) is 8.49. The van der Waals surface area contributed by atoms with Crippen LogP contribution in [-0.2, 0) is 0 Å². The molecule has 2 aromatic heterocycles. The van der Waals surface area contributed by atoms with E-state index >= 15 is 0 Å². The van der Waals surface area contributed by atoms with Crippen molar-refractivity contribution in [3.63, 3.8) is 0 Å². The van der Waals surface area contributed by atoms with E-state index in [-0.39, 0.29) is 11.9 Å². The molecule has 0 bridgehead atoms. The van der Waals surface area contributed by atoms with Gasteiger partial charge in [-0.25, -0.2) is 4.98 Å². The zero-order valence-electron chi connectivity index (χ0n) is 12.7. The molecule has 0 saturated carbocycles. The van der Waals surface area contributed by atoms with Crippen LogP contribution >= 0.6 is 27.3 Å². The smallest absolute Gasteiger partial charge is 0.230 e. The Morgan fingerprint density at radius 1 is 1.30 bits per heavy atom. The summed E-state index contributed by atoms with van der Waals surface area (Å²) >= 11 is 5.08. The Bertz CT molecular complexity index is 853. The van der Waals surface area contributed by atoms with E-state index in [1.807, 2.05) is 19.1 Å². The number of nitrogens with zero attached hydrogens (tertiary/aromatic N) is 4. The molecule has 1 N–H and O–H groups in total. The quantitative estimate of drug-likeness (QED) is 0.737. The fourth-order valence-corrected chi connectivity index (χ4v) is 4.81. The van der Waals surface area contributed by atoms with Crippen molar-refractivity contribution in [3.05, 3.63) is 45.0 Å². The number of fused-ring (bicyclic) bond motifs is 1. The summed E-state index contributed by atoms with van der Waals surface area (Å²) in [5.41, 5.74) is 1.18. The van der Waals surface area contributed by atoms with Gasteiger partial charge in [0, 0.05) is 4.47 Å². The average molecular weight is 393 g/mol. The number of halogens is 1. The van der Waals surface area contributed by atoms with E-state index in [2.05, 4.69) is 43.0 Å². The van der Waals surface area contributed by atoms with E-state index in [0.717, 1.165) is 27.4 Å². The van der Waals surface area contributed by atoms with Crippen molar-refractivity contribution in [1.82, 2.24) is 19.5 Å². The van der Waals surface area contributed by atoms with Crippen LogP contribution in [0.1, 0.15) is 35.1 Å². The van der Waals surface area contributed by atoms with Crippen molar-refractivity contribution >= 4 is 32.2 Å². The number of hydrogen-bond acceptors (Lipinski definition) is 5. The molecule has 3 aromatic rings. The average Bonchev–Trinajstić information content (AvgIpc) is 3.21. The molecular weight excluding hydrogens is 376 g/mol. The van der Waals surface area contributed by atoms with E-state index in [4.69, 9.17) is 0 Å². The van der Waals surface area contributed by atoms with Gasteiger partial charge < -0.3 is 5.11 Å². The van der Waals surface area contributed by atoms with Crippen LogP contribution in [0.25, 0.3) is 4.96 Å². The summed E-state index contributed by atoms with van der Waals surface area (Å²) in [5.74, 6) is 0.890. The number of thiazole rings is 1. The fourth-order valence-electron chi connectivity index (χ4n) is 3.23. The van der Waals surface area contributed by atoms with Crippen molar-refractivity contribution in [1.29, 1.82) is 0 Å². The molecule has 0 radical (unpaired) electrons. The maximum atomic E-state index is 10.7. The predicted octanol–water partition coefficient (Wildman–Crippen LogP) is 3.75. The number of rotatable bonds is 3. The minimum Gasteiger partial charge on any atom is -0.492 e. The van der Waals surface area contributed by atoms with Gasteiger partial charge in [-0.15, -0.1) is 5.10 Å². The van der Waals surface area contributed by atoms with E-state index in [1.54, 1.807) is 4.52 Å². The highest BCUT2D eigenvalue weighted by molar-refractivity contribution is 9.10. The molecule has 3 heterocycles. The van der Waals surface area contributed by atoms with Gasteiger partial charge in [0.25, 0.3) is 0 Å². The third-order valence-corrected chi connectivity index (χ3v) is 5.79. The molecule has 7 heteroatoms. The zero-order valence-corrected chi connectivity index (χ0v) is 15.1. The van der Waals surface area contributed by atoms with Crippen LogP contribution in [0, 0.1) is 6.92 Å². The fraction of sp³-hybridized carbons (Fsp3) is 0.375. The Kier molecular flexibility index (Phi) is 3.87. The first kappa shape index (κ1) is 15.1. The topological polar surface area (TPSA) is 53.7 Å². The highest BCUT2D eigenvalue weighted by Crippen LogP contribution is 2.41. The molecule has 1 fully saturated rings. The van der Waals surface area contributed by atoms with Gasteiger partial charge in [-0.05, 0) is 50.6 Å². The first-order valence-electron chi connectivity index (χ1n) is 7.68. The third kappa shape index (κ3) is 2.66. The second-order valence-corrected chi connectivity index (χ2v) is 7.77. The lowest BCUT2D eigenvalue weighted by atomic mass is 10.0. The lowest BCUT2D eigenvalue weighted by Gasteiger charge is -2.27. The number of aryl methyl sites for hydroxylation is 1. The summed E-state index contributed by atoms with van der Waals surface area (Å²) in [5, 5.41) is 15.0. The van der Waals surface area contributed by atoms with Crippen LogP contribution < -0.4 is 0 Å². The molecule has 1 saturated heterocycles. The van der Waals surface area contributed by atoms with Gasteiger partial charge in [-0.2, -0.15) is 4.52 Å². The first-order valence-corrected chi connectivity index (χ1v) is 9.29. The maximum absolute atomic E-state index is 10.7. The molecule has 1 atom stereocenters. The predicted molar refractivity (Wildman–Crippen MR) is 94.1 cm³/mol. The Morgan fingerprint density at radius 3 is 2.78 bits per heavy atom. The van der Waals surface area contributed by atoms with Crippen LogP contribution in [0.15, 0.2) is 28.7 Å². The van der Waals surface area contributed by atoms with E-state index < -0.39 is 0 Å². The van der Waals surface area contributed by atoms with Gasteiger partial charge in [0.1, 0.15) is 5.82 Å². The number of aromatic nitrogens is 3. The second kappa shape index (κ2) is 5.89. The molecule has 1 aliphatic heterocycles. The molecule has 0 spiro atoms. The molecule has 1 unspecified atom stereocenters. The van der Waals surface area contributed by atoms with Crippen LogP contribution in [0.3, 0.4) is 0 Å². The summed E-state index contributed by atoms with van der Waals surface area (Å²) < 4.78 is 2.60. The molecular formula is C16H17BrN4OS. The molecule has 0 aliphatic carbocycles. The molecule has 1 aromatic carbocycles. The van der Waals surface area contributed by atoms with Crippen molar-refractivity contribution < 1.29 is 5.11 Å². The maximum Gasteiger partial charge on any atom is 0.230 e. The lowest BCUT2D eigenvalue weighted by Crippen LogP contribution is -2.26. The SMILES string of the molecule is Cc1nc2sc(C(c3cccc(Br)c3)N3CCCC3)c(O)n2n1. The van der Waals surface area contributed by atoms with Crippen LogP contribution in [0.5, 0.6) is 5.88 Å². The first-order chi connectivity index (χ1) is 11.1. The van der Waals surface area contributed by atoms with Gasteiger partial charge in [0.2, 0.25) is 10.8 Å². The molecule has 1 aliphatic rings. The van der Waals surface area contributed by atoms with Crippen LogP contribution in [0.4, 0.5) is 0 Å². The van der Waals surface area contributed by atoms with Crippen molar-refractivity contribution in [2.24, 2.45) is 0 Å². The molecule has 120 valence electrons. The van der Waals surface area contributed by atoms with Gasteiger partial charge in [-0.3, -0.25) is 4.90 Å². The molecule has 5 nitrogen and oxygen atoms in total. The minimum absolute atomic E-state index is 0.0452. The van der Waals surface area contributed by atoms with Crippen molar-refractivity contribution in [3.8, 4) is 5.88 Å². The normalized spacial score (nSPS) is 17.1. The summed E-state index contributed by atoms with van der Waals surface area (Å²) in [6, 6.07) is 8.36. The summed E-state index contributed by atoms with van der Waals surface area (Å²) in [7, 11) is 0. The van der Waals surface area contributed by atoms with Gasteiger partial charge in [0.05, 0.1) is 10.9 Å². The van der Waals surface area contributed by atoms with E-state index in [0.29, 0.717) is 5.82 Å². The highest BCUT2D eigenvalue weighted by atomic mass is 79.9. The van der Waals surface area contributed by atoms with Gasteiger partial charge >= 0.3 is 0 Å². The van der Waals surface area contributed by atoms with Crippen LogP contribution in [0.2, 0.25) is 0 Å². The molecule has 4 rings (SSSR count). The summed E-state index contributed by atoms with van der Waals surface area (Å²) in [6.45, 7) is 3.93. The number of benzene rings is 1. The van der Waals surface area contributed by atoms with Gasteiger partial charge in [-0.1, -0.05) is 39.4 Å². The third-order valence-electron chi connectivity index (χ3n) is 4.22.